The molecular weight excluding hydrogens is 629 g/mol. The Balaban J connectivity index is 0.000000261. The Hall–Kier alpha value is -5.45. The summed E-state index contributed by atoms with van der Waals surface area (Å²) in [4.78, 5) is 0. The minimum atomic E-state index is -1.81. The Morgan fingerprint density at radius 2 is 0.896 bits per heavy atom. The molecule has 11 heteroatoms. The predicted molar refractivity (Wildman–Crippen MR) is 179 cm³/mol. The Bertz CT molecular complexity index is 1730. The highest BCUT2D eigenvalue weighted by molar-refractivity contribution is 5.83. The third-order valence-electron chi connectivity index (χ3n) is 7.34. The van der Waals surface area contributed by atoms with Crippen LogP contribution < -0.4 is 37.9 Å². The summed E-state index contributed by atoms with van der Waals surface area (Å²) in [7, 11) is 11.9. The van der Waals surface area contributed by atoms with E-state index in [2.05, 4.69) is 6.58 Å². The van der Waals surface area contributed by atoms with E-state index in [1.165, 1.54) is 75.1 Å². The highest BCUT2D eigenvalue weighted by Gasteiger charge is 2.20. The van der Waals surface area contributed by atoms with Crippen molar-refractivity contribution in [1.82, 2.24) is 0 Å². The zero-order valence-electron chi connectivity index (χ0n) is 28.4. The quantitative estimate of drug-likeness (QED) is 0.149. The lowest BCUT2D eigenvalue weighted by atomic mass is 9.96. The van der Waals surface area contributed by atoms with E-state index in [9.17, 15) is 13.2 Å². The summed E-state index contributed by atoms with van der Waals surface area (Å²) in [6.07, 6.45) is -1.81. The molecule has 0 fully saturated rings. The average molecular weight is 669 g/mol. The smallest absolute Gasteiger partial charge is 0.278 e. The normalized spacial score (nSPS) is 10.2. The Morgan fingerprint density at radius 3 is 1.27 bits per heavy atom. The van der Waals surface area contributed by atoms with E-state index in [0.29, 0.717) is 56.9 Å². The zero-order valence-corrected chi connectivity index (χ0v) is 28.4. The minimum absolute atomic E-state index is 0.187. The summed E-state index contributed by atoms with van der Waals surface area (Å²) in [5, 5.41) is 0. The molecule has 0 bridgehead atoms. The van der Waals surface area contributed by atoms with Crippen LogP contribution in [-0.4, -0.2) is 56.9 Å². The van der Waals surface area contributed by atoms with Gasteiger partial charge in [0, 0.05) is 0 Å². The van der Waals surface area contributed by atoms with Crippen LogP contribution in [0.5, 0.6) is 46.0 Å². The summed E-state index contributed by atoms with van der Waals surface area (Å²) in [6, 6.07) is 16.1. The summed E-state index contributed by atoms with van der Waals surface area (Å²) < 4.78 is 83.3. The Morgan fingerprint density at radius 1 is 0.479 bits per heavy atom. The lowest BCUT2D eigenvalue weighted by molar-refractivity contribution is 0.324. The third-order valence-corrected chi connectivity index (χ3v) is 7.34. The molecule has 0 aliphatic heterocycles. The van der Waals surface area contributed by atoms with Gasteiger partial charge in [-0.15, -0.1) is 0 Å². The molecule has 0 radical (unpaired) electrons. The maximum atomic E-state index is 13.9. The van der Waals surface area contributed by atoms with Crippen LogP contribution in [0.4, 0.5) is 13.2 Å². The summed E-state index contributed by atoms with van der Waals surface area (Å²) in [6.45, 7) is 5.84. The number of hydrogen-bond acceptors (Lipinski definition) is 8. The second-order valence-corrected chi connectivity index (χ2v) is 9.98. The number of methoxy groups -OCH3 is 8. The maximum absolute atomic E-state index is 13.9. The molecule has 0 atom stereocenters. The molecule has 0 saturated heterocycles. The fraction of sp³-hybridized carbons (Fsp3) is 0.243. The second-order valence-electron chi connectivity index (χ2n) is 9.98. The fourth-order valence-electron chi connectivity index (χ4n) is 4.92. The molecule has 256 valence electrons. The van der Waals surface area contributed by atoms with Crippen molar-refractivity contribution in [1.29, 1.82) is 0 Å². The molecule has 8 nitrogen and oxygen atoms in total. The fourth-order valence-corrected chi connectivity index (χ4v) is 4.92. The van der Waals surface area contributed by atoms with E-state index in [-0.39, 0.29) is 16.9 Å². The van der Waals surface area contributed by atoms with Gasteiger partial charge in [-0.3, -0.25) is 0 Å². The van der Waals surface area contributed by atoms with E-state index in [4.69, 9.17) is 37.9 Å². The van der Waals surface area contributed by atoms with Crippen LogP contribution in [0.25, 0.3) is 11.1 Å². The molecule has 0 aliphatic rings. The summed E-state index contributed by atoms with van der Waals surface area (Å²) in [5.41, 5.74) is 3.19. The molecule has 0 spiro atoms. The van der Waals surface area contributed by atoms with Crippen molar-refractivity contribution in [3.63, 3.8) is 0 Å². The Kier molecular flexibility index (Phi) is 13.0. The van der Waals surface area contributed by atoms with Gasteiger partial charge in [-0.05, 0) is 88.8 Å². The highest BCUT2D eigenvalue weighted by atomic mass is 19.3. The van der Waals surface area contributed by atoms with Gasteiger partial charge in [0.1, 0.15) is 5.75 Å². The van der Waals surface area contributed by atoms with E-state index in [0.717, 1.165) is 11.1 Å². The van der Waals surface area contributed by atoms with E-state index < -0.39 is 11.9 Å². The van der Waals surface area contributed by atoms with Gasteiger partial charge in [-0.2, -0.15) is 8.78 Å². The predicted octanol–water partition coefficient (Wildman–Crippen LogP) is 8.61. The first kappa shape index (κ1) is 37.0. The van der Waals surface area contributed by atoms with Crippen LogP contribution in [0.15, 0.2) is 73.3 Å². The lowest BCUT2D eigenvalue weighted by Crippen LogP contribution is -1.98. The van der Waals surface area contributed by atoms with Gasteiger partial charge < -0.3 is 37.9 Å². The van der Waals surface area contributed by atoms with E-state index >= 15 is 0 Å². The molecule has 4 rings (SSSR count). The van der Waals surface area contributed by atoms with Gasteiger partial charge in [0.05, 0.1) is 62.5 Å². The van der Waals surface area contributed by atoms with Crippen molar-refractivity contribution < 1.29 is 51.1 Å². The van der Waals surface area contributed by atoms with Gasteiger partial charge in [-0.1, -0.05) is 18.7 Å². The van der Waals surface area contributed by atoms with Crippen molar-refractivity contribution in [2.75, 3.05) is 56.9 Å². The monoisotopic (exact) mass is 668 g/mol. The van der Waals surface area contributed by atoms with Crippen LogP contribution in [0.3, 0.4) is 0 Å². The van der Waals surface area contributed by atoms with Crippen LogP contribution in [-0.2, 0) is 0 Å². The summed E-state index contributed by atoms with van der Waals surface area (Å²) >= 11 is 0. The first-order valence-electron chi connectivity index (χ1n) is 14.4. The molecule has 48 heavy (non-hydrogen) atoms. The number of benzene rings is 4. The molecule has 0 aliphatic carbocycles. The van der Waals surface area contributed by atoms with Crippen LogP contribution >= 0.6 is 0 Å². The van der Waals surface area contributed by atoms with E-state index in [1.54, 1.807) is 49.4 Å². The third kappa shape index (κ3) is 8.09. The number of aryl methyl sites for hydroxylation is 1. The first-order chi connectivity index (χ1) is 23.0. The largest absolute Gasteiger partial charge is 0.496 e. The Labute approximate surface area is 278 Å². The number of rotatable bonds is 12. The molecule has 4 aromatic carbocycles. The van der Waals surface area contributed by atoms with E-state index in [1.807, 2.05) is 0 Å². The van der Waals surface area contributed by atoms with Crippen molar-refractivity contribution in [2.45, 2.75) is 6.92 Å². The second kappa shape index (κ2) is 16.9. The SMILES string of the molecule is C=C(c1ccc(OC)c(F)c1)c1cc(OC)c(OC)c(OC)c1.COc1ccc(C(=C(F)F)c2cc(OC)c(OC)c(OC)c2)cc1C. The minimum Gasteiger partial charge on any atom is -0.496 e. The molecule has 0 amide bonds. The van der Waals surface area contributed by atoms with Crippen molar-refractivity contribution >= 4 is 11.1 Å². The number of halogens is 3. The average Bonchev–Trinajstić information content (AvgIpc) is 3.10. The molecular formula is C37H39F3O8. The molecule has 4 aromatic rings. The molecule has 0 N–H and O–H groups in total. The summed E-state index contributed by atoms with van der Waals surface area (Å²) in [5.74, 6) is 2.85. The molecule has 0 heterocycles. The van der Waals surface area contributed by atoms with Crippen LogP contribution in [0.2, 0.25) is 0 Å². The zero-order chi connectivity index (χ0) is 35.5. The highest BCUT2D eigenvalue weighted by Crippen LogP contribution is 2.43. The van der Waals surface area contributed by atoms with Gasteiger partial charge in [0.25, 0.3) is 6.08 Å². The van der Waals surface area contributed by atoms with Gasteiger partial charge >= 0.3 is 0 Å². The maximum Gasteiger partial charge on any atom is 0.278 e. The first-order valence-corrected chi connectivity index (χ1v) is 14.4. The van der Waals surface area contributed by atoms with Crippen molar-refractivity contribution in [3.8, 4) is 46.0 Å². The van der Waals surface area contributed by atoms with Gasteiger partial charge in [-0.25, -0.2) is 4.39 Å². The van der Waals surface area contributed by atoms with Gasteiger partial charge in [0.15, 0.2) is 34.6 Å². The van der Waals surface area contributed by atoms with Crippen molar-refractivity contribution in [3.05, 3.63) is 107 Å². The van der Waals surface area contributed by atoms with Crippen molar-refractivity contribution in [2.24, 2.45) is 0 Å². The number of hydrogen-bond donors (Lipinski definition) is 0. The molecule has 0 saturated carbocycles. The molecule has 0 unspecified atom stereocenters. The van der Waals surface area contributed by atoms with Crippen LogP contribution in [0, 0.1) is 12.7 Å². The standard InChI is InChI=1S/C19H20F2O4.C18H19FO4/c1-11-8-12(6-7-14(11)22-2)17(19(20)21)13-9-15(23-3)18(25-5)16(10-13)24-4;1-11(12-6-7-15(20-2)14(19)8-12)13-9-16(21-3)18(23-5)17(10-13)22-4/h6-10H,1-5H3;6-10H,1H2,2-5H3. The van der Waals surface area contributed by atoms with Gasteiger partial charge in [0.2, 0.25) is 11.5 Å². The van der Waals surface area contributed by atoms with Crippen LogP contribution in [0.1, 0.15) is 27.8 Å². The lowest BCUT2D eigenvalue weighted by Gasteiger charge is -2.16. The topological polar surface area (TPSA) is 73.8 Å². The molecule has 0 aromatic heterocycles. The number of ether oxygens (including phenoxy) is 8.